The van der Waals surface area contributed by atoms with Gasteiger partial charge in [0, 0.05) is 44.7 Å². The van der Waals surface area contributed by atoms with Crippen LogP contribution < -0.4 is 14.8 Å². The number of ether oxygens (including phenoxy) is 2. The molecule has 130 valence electrons. The highest BCUT2D eigenvalue weighted by Crippen LogP contribution is 2.34. The molecule has 3 aliphatic heterocycles. The van der Waals surface area contributed by atoms with Crippen LogP contribution in [0.2, 0.25) is 0 Å². The molecular weight excluding hydrogens is 306 g/mol. The number of nitrogens with zero attached hydrogens (tertiary/aromatic N) is 2. The fourth-order valence-electron chi connectivity index (χ4n) is 4.11. The normalized spacial score (nSPS) is 28.0. The Bertz CT molecular complexity index is 636. The minimum absolute atomic E-state index is 0.105. The Kier molecular flexibility index (Phi) is 4.10. The second kappa shape index (κ2) is 6.26. The molecule has 0 unspecified atom stereocenters. The van der Waals surface area contributed by atoms with Crippen molar-refractivity contribution in [2.24, 2.45) is 0 Å². The van der Waals surface area contributed by atoms with Gasteiger partial charge in [-0.1, -0.05) is 6.07 Å². The monoisotopic (exact) mass is 331 g/mol. The summed E-state index contributed by atoms with van der Waals surface area (Å²) in [7, 11) is 2.20. The van der Waals surface area contributed by atoms with Crippen LogP contribution in [0.15, 0.2) is 18.2 Å². The summed E-state index contributed by atoms with van der Waals surface area (Å²) in [5.41, 5.74) is 1.36. The SMILES string of the molecule is CN1CCN(Cc2ccc3c(c2)OCO3)C[C@]12CCNC(=O)CC2. The molecule has 2 saturated heterocycles. The van der Waals surface area contributed by atoms with Crippen molar-refractivity contribution >= 4 is 5.91 Å². The van der Waals surface area contributed by atoms with Crippen molar-refractivity contribution < 1.29 is 14.3 Å². The lowest BCUT2D eigenvalue weighted by atomic mass is 9.86. The largest absolute Gasteiger partial charge is 0.454 e. The Labute approximate surface area is 142 Å². The maximum absolute atomic E-state index is 11.7. The first-order valence-electron chi connectivity index (χ1n) is 8.73. The number of carbonyl (C=O) groups is 1. The molecule has 2 fully saturated rings. The van der Waals surface area contributed by atoms with Gasteiger partial charge in [0.25, 0.3) is 0 Å². The number of carbonyl (C=O) groups excluding carboxylic acids is 1. The minimum Gasteiger partial charge on any atom is -0.454 e. The second-order valence-electron chi connectivity index (χ2n) is 7.14. The highest BCUT2D eigenvalue weighted by Gasteiger charge is 2.40. The number of amides is 1. The van der Waals surface area contributed by atoms with Crippen LogP contribution >= 0.6 is 0 Å². The van der Waals surface area contributed by atoms with E-state index < -0.39 is 0 Å². The standard InChI is InChI=1S/C18H25N3O3/c1-20-8-9-21(12-18(20)5-4-17(22)19-7-6-18)11-14-2-3-15-16(10-14)24-13-23-15/h2-3,10H,4-9,11-13H2,1H3,(H,19,22)/t18-/m0/s1. The molecule has 0 bridgehead atoms. The molecule has 1 aromatic carbocycles. The number of piperazine rings is 1. The summed E-state index contributed by atoms with van der Waals surface area (Å²) in [4.78, 5) is 16.7. The zero-order valence-corrected chi connectivity index (χ0v) is 14.2. The Morgan fingerprint density at radius 3 is 3.00 bits per heavy atom. The Morgan fingerprint density at radius 1 is 1.21 bits per heavy atom. The number of benzene rings is 1. The van der Waals surface area contributed by atoms with Crippen LogP contribution in [0.25, 0.3) is 0 Å². The third-order valence-electron chi connectivity index (χ3n) is 5.65. The van der Waals surface area contributed by atoms with Gasteiger partial charge in [0.1, 0.15) is 0 Å². The van der Waals surface area contributed by atoms with Gasteiger partial charge in [-0.2, -0.15) is 0 Å². The summed E-state index contributed by atoms with van der Waals surface area (Å²) in [5.74, 6) is 1.87. The van der Waals surface area contributed by atoms with E-state index in [4.69, 9.17) is 9.47 Å². The highest BCUT2D eigenvalue weighted by molar-refractivity contribution is 5.76. The Morgan fingerprint density at radius 2 is 2.08 bits per heavy atom. The zero-order valence-electron chi connectivity index (χ0n) is 14.2. The van der Waals surface area contributed by atoms with E-state index in [1.807, 2.05) is 6.07 Å². The van der Waals surface area contributed by atoms with E-state index >= 15 is 0 Å². The van der Waals surface area contributed by atoms with Crippen molar-refractivity contribution in [1.29, 1.82) is 0 Å². The molecule has 1 N–H and O–H groups in total. The van der Waals surface area contributed by atoms with Crippen molar-refractivity contribution in [3.8, 4) is 11.5 Å². The number of hydrogen-bond acceptors (Lipinski definition) is 5. The van der Waals surface area contributed by atoms with Gasteiger partial charge in [0.05, 0.1) is 0 Å². The topological polar surface area (TPSA) is 54.0 Å². The number of likely N-dealkylation sites (N-methyl/N-ethyl adjacent to an activating group) is 1. The van der Waals surface area contributed by atoms with E-state index in [9.17, 15) is 4.79 Å². The molecule has 1 amide bonds. The van der Waals surface area contributed by atoms with Crippen molar-refractivity contribution in [3.05, 3.63) is 23.8 Å². The molecule has 6 nitrogen and oxygen atoms in total. The van der Waals surface area contributed by atoms with E-state index in [2.05, 4.69) is 34.3 Å². The lowest BCUT2D eigenvalue weighted by Crippen LogP contribution is -2.60. The van der Waals surface area contributed by atoms with E-state index in [-0.39, 0.29) is 11.4 Å². The molecule has 24 heavy (non-hydrogen) atoms. The molecule has 4 rings (SSSR count). The van der Waals surface area contributed by atoms with Gasteiger partial charge in [-0.15, -0.1) is 0 Å². The lowest BCUT2D eigenvalue weighted by Gasteiger charge is -2.49. The molecule has 0 aromatic heterocycles. The van der Waals surface area contributed by atoms with E-state index in [1.165, 1.54) is 5.56 Å². The van der Waals surface area contributed by atoms with Gasteiger partial charge in [-0.05, 0) is 37.6 Å². The van der Waals surface area contributed by atoms with Crippen molar-refractivity contribution in [2.45, 2.75) is 31.3 Å². The van der Waals surface area contributed by atoms with Crippen LogP contribution in [0.5, 0.6) is 11.5 Å². The van der Waals surface area contributed by atoms with Gasteiger partial charge in [-0.25, -0.2) is 0 Å². The third-order valence-corrected chi connectivity index (χ3v) is 5.65. The van der Waals surface area contributed by atoms with Crippen LogP contribution in [-0.4, -0.2) is 61.3 Å². The summed E-state index contributed by atoms with van der Waals surface area (Å²) in [6.07, 6.45) is 2.59. The number of hydrogen-bond donors (Lipinski definition) is 1. The van der Waals surface area contributed by atoms with E-state index in [0.29, 0.717) is 13.2 Å². The average molecular weight is 331 g/mol. The zero-order chi connectivity index (χ0) is 16.6. The molecule has 0 radical (unpaired) electrons. The average Bonchev–Trinajstić information content (AvgIpc) is 2.96. The fraction of sp³-hybridized carbons (Fsp3) is 0.611. The molecule has 1 spiro atoms. The van der Waals surface area contributed by atoms with E-state index in [0.717, 1.165) is 57.1 Å². The Hall–Kier alpha value is -1.79. The number of rotatable bonds is 2. The molecule has 6 heteroatoms. The third kappa shape index (κ3) is 2.96. The van der Waals surface area contributed by atoms with Crippen LogP contribution in [0.4, 0.5) is 0 Å². The summed E-state index contributed by atoms with van der Waals surface area (Å²) < 4.78 is 10.9. The van der Waals surface area contributed by atoms with Crippen molar-refractivity contribution in [3.63, 3.8) is 0 Å². The van der Waals surface area contributed by atoms with Gasteiger partial charge in [-0.3, -0.25) is 14.6 Å². The van der Waals surface area contributed by atoms with Crippen LogP contribution in [0.1, 0.15) is 24.8 Å². The molecule has 1 aromatic rings. The summed E-state index contributed by atoms with van der Waals surface area (Å²) in [5, 5.41) is 3.01. The summed E-state index contributed by atoms with van der Waals surface area (Å²) in [6.45, 7) is 5.10. The maximum Gasteiger partial charge on any atom is 0.231 e. The molecule has 3 heterocycles. The van der Waals surface area contributed by atoms with Gasteiger partial charge in [0.15, 0.2) is 11.5 Å². The van der Waals surface area contributed by atoms with Gasteiger partial charge in [0.2, 0.25) is 12.7 Å². The molecule has 1 atom stereocenters. The summed E-state index contributed by atoms with van der Waals surface area (Å²) >= 11 is 0. The molecule has 0 saturated carbocycles. The molecular formula is C18H25N3O3. The predicted molar refractivity (Wildman–Crippen MR) is 90.1 cm³/mol. The number of nitrogens with one attached hydrogen (secondary N) is 1. The Balaban J connectivity index is 1.47. The summed E-state index contributed by atoms with van der Waals surface area (Å²) in [6, 6.07) is 6.21. The molecule has 0 aliphatic carbocycles. The fourth-order valence-corrected chi connectivity index (χ4v) is 4.11. The smallest absolute Gasteiger partial charge is 0.231 e. The van der Waals surface area contributed by atoms with Gasteiger partial charge < -0.3 is 14.8 Å². The number of fused-ring (bicyclic) bond motifs is 1. The quantitative estimate of drug-likeness (QED) is 0.883. The first kappa shape index (κ1) is 15.7. The first-order valence-corrected chi connectivity index (χ1v) is 8.73. The molecule has 3 aliphatic rings. The van der Waals surface area contributed by atoms with Crippen molar-refractivity contribution in [2.75, 3.05) is 40.0 Å². The maximum atomic E-state index is 11.7. The lowest BCUT2D eigenvalue weighted by molar-refractivity contribution is -0.121. The first-order chi connectivity index (χ1) is 11.6. The second-order valence-corrected chi connectivity index (χ2v) is 7.14. The van der Waals surface area contributed by atoms with E-state index in [1.54, 1.807) is 0 Å². The highest BCUT2D eigenvalue weighted by atomic mass is 16.7. The predicted octanol–water partition coefficient (Wildman–Crippen LogP) is 1.20. The van der Waals surface area contributed by atoms with Crippen LogP contribution in [0, 0.1) is 0 Å². The van der Waals surface area contributed by atoms with Crippen LogP contribution in [-0.2, 0) is 11.3 Å². The van der Waals surface area contributed by atoms with Crippen LogP contribution in [0.3, 0.4) is 0 Å². The van der Waals surface area contributed by atoms with Crippen molar-refractivity contribution in [1.82, 2.24) is 15.1 Å². The van der Waals surface area contributed by atoms with Gasteiger partial charge >= 0.3 is 0 Å². The minimum atomic E-state index is 0.105.